The van der Waals surface area contributed by atoms with E-state index in [4.69, 9.17) is 10.5 Å². The predicted molar refractivity (Wildman–Crippen MR) is 59.6 cm³/mol. The molecule has 4 nitrogen and oxygen atoms in total. The molecule has 0 saturated heterocycles. The van der Waals surface area contributed by atoms with Gasteiger partial charge in [-0.2, -0.15) is 0 Å². The zero-order chi connectivity index (χ0) is 12.8. The number of carbonyl (C=O) groups excluding carboxylic acids is 1. The van der Waals surface area contributed by atoms with Crippen LogP contribution in [0.3, 0.4) is 0 Å². The number of rotatable bonds is 5. The van der Waals surface area contributed by atoms with Gasteiger partial charge >= 0.3 is 0 Å². The van der Waals surface area contributed by atoms with Crippen molar-refractivity contribution in [1.82, 2.24) is 5.32 Å². The lowest BCUT2D eigenvalue weighted by Crippen LogP contribution is -2.26. The van der Waals surface area contributed by atoms with Gasteiger partial charge in [0, 0.05) is 32.0 Å². The quantitative estimate of drug-likeness (QED) is 0.606. The van der Waals surface area contributed by atoms with Crippen LogP contribution in [0, 0.1) is 11.6 Å². The van der Waals surface area contributed by atoms with Crippen molar-refractivity contribution in [2.24, 2.45) is 0 Å². The van der Waals surface area contributed by atoms with E-state index in [1.54, 1.807) is 7.11 Å². The molecular weight excluding hydrogens is 230 g/mol. The molecule has 0 saturated carbocycles. The van der Waals surface area contributed by atoms with Crippen molar-refractivity contribution in [3.05, 3.63) is 29.3 Å². The van der Waals surface area contributed by atoms with Crippen LogP contribution in [-0.2, 0) is 4.74 Å². The number of hydrogen-bond acceptors (Lipinski definition) is 3. The highest BCUT2D eigenvalue weighted by Gasteiger charge is 2.13. The average molecular weight is 244 g/mol. The maximum Gasteiger partial charge on any atom is 0.253 e. The molecule has 1 amide bonds. The summed E-state index contributed by atoms with van der Waals surface area (Å²) in [6, 6.07) is 1.58. The van der Waals surface area contributed by atoms with E-state index in [0.717, 1.165) is 12.1 Å². The summed E-state index contributed by atoms with van der Waals surface area (Å²) in [5, 5.41) is 2.53. The summed E-state index contributed by atoms with van der Waals surface area (Å²) in [6.45, 7) is 0.888. The normalized spacial score (nSPS) is 10.3. The van der Waals surface area contributed by atoms with Gasteiger partial charge in [0.15, 0.2) is 11.6 Å². The third-order valence-electron chi connectivity index (χ3n) is 2.15. The molecule has 0 aliphatic rings. The fourth-order valence-corrected chi connectivity index (χ4v) is 1.27. The number of nitrogen functional groups attached to an aromatic ring is 1. The number of carbonyl (C=O) groups is 1. The first-order valence-electron chi connectivity index (χ1n) is 5.08. The molecule has 0 unspecified atom stereocenters. The second-order valence-corrected chi connectivity index (χ2v) is 3.46. The Kier molecular flexibility index (Phi) is 4.84. The first-order chi connectivity index (χ1) is 8.06. The molecule has 1 aromatic carbocycles. The van der Waals surface area contributed by atoms with Crippen LogP contribution in [0.4, 0.5) is 14.5 Å². The molecule has 6 heteroatoms. The van der Waals surface area contributed by atoms with E-state index >= 15 is 0 Å². The summed E-state index contributed by atoms with van der Waals surface area (Å²) in [6.07, 6.45) is 0.631. The van der Waals surface area contributed by atoms with Crippen LogP contribution in [0.2, 0.25) is 0 Å². The van der Waals surface area contributed by atoms with Crippen molar-refractivity contribution in [2.45, 2.75) is 6.42 Å². The SMILES string of the molecule is COCCCNC(=O)c1cc(F)c(F)cc1N. The highest BCUT2D eigenvalue weighted by Crippen LogP contribution is 2.16. The summed E-state index contributed by atoms with van der Waals surface area (Å²) < 4.78 is 30.5. The summed E-state index contributed by atoms with van der Waals surface area (Å²) >= 11 is 0. The Bertz CT molecular complexity index is 411. The van der Waals surface area contributed by atoms with E-state index in [2.05, 4.69) is 5.32 Å². The molecule has 94 valence electrons. The number of methoxy groups -OCH3 is 1. The Morgan fingerprint density at radius 1 is 1.41 bits per heavy atom. The highest BCUT2D eigenvalue weighted by atomic mass is 19.2. The Morgan fingerprint density at radius 2 is 2.06 bits per heavy atom. The van der Waals surface area contributed by atoms with E-state index in [1.165, 1.54) is 0 Å². The van der Waals surface area contributed by atoms with Crippen molar-refractivity contribution in [3.8, 4) is 0 Å². The van der Waals surface area contributed by atoms with Gasteiger partial charge in [0.25, 0.3) is 5.91 Å². The van der Waals surface area contributed by atoms with Crippen LogP contribution < -0.4 is 11.1 Å². The topological polar surface area (TPSA) is 64.3 Å². The second-order valence-electron chi connectivity index (χ2n) is 3.46. The molecule has 0 aliphatic heterocycles. The van der Waals surface area contributed by atoms with Gasteiger partial charge in [0.1, 0.15) is 0 Å². The molecule has 0 bridgehead atoms. The number of halogens is 2. The van der Waals surface area contributed by atoms with Gasteiger partial charge < -0.3 is 15.8 Å². The lowest BCUT2D eigenvalue weighted by atomic mass is 10.1. The zero-order valence-electron chi connectivity index (χ0n) is 9.43. The Hall–Kier alpha value is -1.69. The first kappa shape index (κ1) is 13.4. The van der Waals surface area contributed by atoms with Crippen LogP contribution in [0.15, 0.2) is 12.1 Å². The van der Waals surface area contributed by atoms with E-state index < -0.39 is 17.5 Å². The van der Waals surface area contributed by atoms with Crippen LogP contribution in [0.5, 0.6) is 0 Å². The van der Waals surface area contributed by atoms with Gasteiger partial charge in [-0.05, 0) is 12.5 Å². The van der Waals surface area contributed by atoms with E-state index in [-0.39, 0.29) is 11.3 Å². The van der Waals surface area contributed by atoms with Crippen molar-refractivity contribution >= 4 is 11.6 Å². The van der Waals surface area contributed by atoms with E-state index in [0.29, 0.717) is 19.6 Å². The van der Waals surface area contributed by atoms with Gasteiger partial charge in [-0.3, -0.25) is 4.79 Å². The fourth-order valence-electron chi connectivity index (χ4n) is 1.27. The maximum absolute atomic E-state index is 12.9. The highest BCUT2D eigenvalue weighted by molar-refractivity contribution is 5.99. The second kappa shape index (κ2) is 6.15. The van der Waals surface area contributed by atoms with Crippen LogP contribution in [-0.4, -0.2) is 26.2 Å². The molecule has 1 aromatic rings. The minimum absolute atomic E-state index is 0.0682. The van der Waals surface area contributed by atoms with Crippen molar-refractivity contribution in [1.29, 1.82) is 0 Å². The van der Waals surface area contributed by atoms with Crippen LogP contribution >= 0.6 is 0 Å². The molecule has 0 aliphatic carbocycles. The third-order valence-corrected chi connectivity index (χ3v) is 2.15. The molecule has 0 aromatic heterocycles. The summed E-state index contributed by atoms with van der Waals surface area (Å²) in [5.41, 5.74) is 5.27. The smallest absolute Gasteiger partial charge is 0.253 e. The van der Waals surface area contributed by atoms with Crippen molar-refractivity contribution < 1.29 is 18.3 Å². The minimum atomic E-state index is -1.10. The Morgan fingerprint density at radius 3 is 2.71 bits per heavy atom. The molecule has 0 atom stereocenters. The number of anilines is 1. The lowest BCUT2D eigenvalue weighted by molar-refractivity contribution is 0.0949. The number of benzene rings is 1. The van der Waals surface area contributed by atoms with Crippen molar-refractivity contribution in [2.75, 3.05) is 26.0 Å². The molecule has 1 rings (SSSR count). The lowest BCUT2D eigenvalue weighted by Gasteiger charge is -2.07. The first-order valence-corrected chi connectivity index (χ1v) is 5.08. The average Bonchev–Trinajstić information content (AvgIpc) is 2.29. The standard InChI is InChI=1S/C11H14F2N2O2/c1-17-4-2-3-15-11(16)7-5-8(12)9(13)6-10(7)14/h5-6H,2-4,14H2,1H3,(H,15,16). The summed E-state index contributed by atoms with van der Waals surface area (Å²) in [5.74, 6) is -2.70. The zero-order valence-corrected chi connectivity index (χ0v) is 9.43. The fraction of sp³-hybridized carbons (Fsp3) is 0.364. The van der Waals surface area contributed by atoms with E-state index in [1.807, 2.05) is 0 Å². The van der Waals surface area contributed by atoms with Crippen LogP contribution in [0.25, 0.3) is 0 Å². The van der Waals surface area contributed by atoms with Gasteiger partial charge in [-0.25, -0.2) is 8.78 Å². The molecule has 0 radical (unpaired) electrons. The van der Waals surface area contributed by atoms with Gasteiger partial charge in [-0.1, -0.05) is 0 Å². The largest absolute Gasteiger partial charge is 0.398 e. The molecular formula is C11H14F2N2O2. The van der Waals surface area contributed by atoms with Gasteiger partial charge in [0.05, 0.1) is 5.56 Å². The minimum Gasteiger partial charge on any atom is -0.398 e. The summed E-state index contributed by atoms with van der Waals surface area (Å²) in [7, 11) is 1.55. The third kappa shape index (κ3) is 3.67. The molecule has 0 fully saturated rings. The Labute approximate surface area is 97.8 Å². The number of amides is 1. The summed E-state index contributed by atoms with van der Waals surface area (Å²) in [4.78, 5) is 11.6. The molecule has 0 spiro atoms. The van der Waals surface area contributed by atoms with Gasteiger partial charge in [-0.15, -0.1) is 0 Å². The molecule has 0 heterocycles. The monoisotopic (exact) mass is 244 g/mol. The molecule has 3 N–H and O–H groups in total. The predicted octanol–water partition coefficient (Wildman–Crippen LogP) is 1.31. The number of nitrogens with one attached hydrogen (secondary N) is 1. The van der Waals surface area contributed by atoms with Gasteiger partial charge in [0.2, 0.25) is 0 Å². The molecule has 17 heavy (non-hydrogen) atoms. The Balaban J connectivity index is 2.66. The number of nitrogens with two attached hydrogens (primary N) is 1. The van der Waals surface area contributed by atoms with Crippen molar-refractivity contribution in [3.63, 3.8) is 0 Å². The number of hydrogen-bond donors (Lipinski definition) is 2. The van der Waals surface area contributed by atoms with Crippen LogP contribution in [0.1, 0.15) is 16.8 Å². The maximum atomic E-state index is 12.9. The van der Waals surface area contributed by atoms with E-state index in [9.17, 15) is 13.6 Å². The number of ether oxygens (including phenoxy) is 1.